The van der Waals surface area contributed by atoms with E-state index in [2.05, 4.69) is 25.9 Å². The minimum atomic E-state index is -4.82. The molecule has 244 valence electrons. The van der Waals surface area contributed by atoms with E-state index in [1.165, 1.54) is 34.4 Å². The van der Waals surface area contributed by atoms with Gasteiger partial charge in [-0.2, -0.15) is 13.2 Å². The van der Waals surface area contributed by atoms with Crippen LogP contribution in [-0.4, -0.2) is 46.3 Å². The van der Waals surface area contributed by atoms with E-state index in [1.54, 1.807) is 0 Å². The number of pyridine rings is 1. The summed E-state index contributed by atoms with van der Waals surface area (Å²) in [7, 11) is 1.91. The van der Waals surface area contributed by atoms with Crippen LogP contribution in [0.1, 0.15) is 44.7 Å². The van der Waals surface area contributed by atoms with Crippen LogP contribution in [0.25, 0.3) is 0 Å². The summed E-state index contributed by atoms with van der Waals surface area (Å²) >= 11 is 5.44. The van der Waals surface area contributed by atoms with Crippen molar-refractivity contribution in [2.24, 2.45) is 0 Å². The van der Waals surface area contributed by atoms with Crippen molar-refractivity contribution in [2.75, 3.05) is 19.0 Å². The Kier molecular flexibility index (Phi) is 12.7. The summed E-state index contributed by atoms with van der Waals surface area (Å²) in [6.07, 6.45) is -2.62. The number of carbonyl (C=O) groups is 3. The molecule has 0 radical (unpaired) electrons. The van der Waals surface area contributed by atoms with Crippen LogP contribution in [0.2, 0.25) is 5.02 Å². The highest BCUT2D eigenvalue weighted by Gasteiger charge is 2.32. The van der Waals surface area contributed by atoms with Gasteiger partial charge < -0.3 is 25.3 Å². The molecule has 3 N–H and O–H groups in total. The number of imidazole rings is 1. The first-order valence-corrected chi connectivity index (χ1v) is 13.9. The summed E-state index contributed by atoms with van der Waals surface area (Å²) in [5, 5.41) is 8.35. The maximum absolute atomic E-state index is 13.4. The smallest absolute Gasteiger partial charge is 0.416 e. The third-order valence-electron chi connectivity index (χ3n) is 5.96. The lowest BCUT2D eigenvalue weighted by atomic mass is 10.1. The Morgan fingerprint density at radius 2 is 1.83 bits per heavy atom. The fourth-order valence-electron chi connectivity index (χ4n) is 3.88. The lowest BCUT2D eigenvalue weighted by Gasteiger charge is -2.17. The largest absolute Gasteiger partial charge is 0.478 e. The Bertz CT molecular complexity index is 1600. The van der Waals surface area contributed by atoms with Crippen molar-refractivity contribution >= 4 is 35.5 Å². The number of alkyl halides is 3. The van der Waals surface area contributed by atoms with Gasteiger partial charge in [0.25, 0.3) is 5.91 Å². The predicted molar refractivity (Wildman–Crippen MR) is 158 cm³/mol. The van der Waals surface area contributed by atoms with Crippen LogP contribution in [0.5, 0.6) is 5.88 Å². The zero-order valence-electron chi connectivity index (χ0n) is 24.4. The number of anilines is 1. The third-order valence-corrected chi connectivity index (χ3v) is 6.21. The number of aromatic nitrogens is 3. The molecule has 10 nitrogen and oxygen atoms in total. The third kappa shape index (κ3) is 10.3. The number of ether oxygens (including phenoxy) is 1. The van der Waals surface area contributed by atoms with Crippen molar-refractivity contribution in [1.82, 2.24) is 25.2 Å². The molecule has 2 aromatic carbocycles. The van der Waals surface area contributed by atoms with Crippen molar-refractivity contribution in [3.63, 3.8) is 0 Å². The molecule has 2 aromatic heterocycles. The highest BCUT2D eigenvalue weighted by molar-refractivity contribution is 6.30. The summed E-state index contributed by atoms with van der Waals surface area (Å²) in [5.41, 5.74) is -0.407. The van der Waals surface area contributed by atoms with Crippen LogP contribution in [0.3, 0.4) is 0 Å². The molecule has 0 spiro atoms. The summed E-state index contributed by atoms with van der Waals surface area (Å²) in [5.74, 6) is -2.42. The normalized spacial score (nSPS) is 12.0. The van der Waals surface area contributed by atoms with E-state index in [0.717, 1.165) is 6.54 Å². The second-order valence-corrected chi connectivity index (χ2v) is 9.77. The number of nitrogens with zero attached hydrogens (tertiary/aromatic N) is 3. The minimum Gasteiger partial charge on any atom is -0.478 e. The Morgan fingerprint density at radius 1 is 1.11 bits per heavy atom. The number of aldehydes is 1. The van der Waals surface area contributed by atoms with Gasteiger partial charge in [0.1, 0.15) is 18.2 Å². The molecule has 2 amide bonds. The molecule has 0 atom stereocenters. The van der Waals surface area contributed by atoms with E-state index < -0.39 is 29.0 Å². The number of carbonyl (C=O) groups excluding carboxylic acids is 3. The molecule has 46 heavy (non-hydrogen) atoms. The molecule has 5 rings (SSSR count). The van der Waals surface area contributed by atoms with Crippen molar-refractivity contribution < 1.29 is 41.1 Å². The van der Waals surface area contributed by atoms with Gasteiger partial charge in [0.2, 0.25) is 11.8 Å². The zero-order valence-corrected chi connectivity index (χ0v) is 25.2. The Hall–Kier alpha value is -4.89. The van der Waals surface area contributed by atoms with Gasteiger partial charge in [-0.25, -0.2) is 18.7 Å². The Labute approximate surface area is 264 Å². The summed E-state index contributed by atoms with van der Waals surface area (Å²) in [6.45, 7) is 3.23. The number of hydrogen-bond acceptors (Lipinski definition) is 7. The second kappa shape index (κ2) is 16.4. The fourth-order valence-corrected chi connectivity index (χ4v) is 4.01. The molecule has 0 unspecified atom stereocenters. The van der Waals surface area contributed by atoms with Crippen molar-refractivity contribution in [1.29, 1.82) is 0 Å². The molecular weight excluding hydrogens is 639 g/mol. The van der Waals surface area contributed by atoms with Gasteiger partial charge in [-0.15, -0.1) is 0 Å². The van der Waals surface area contributed by atoms with Crippen LogP contribution in [0, 0.1) is 11.6 Å². The molecule has 3 heterocycles. The molecular formula is C30H28ClF5N6O4. The number of hydrogen-bond donors (Lipinski definition) is 3. The van der Waals surface area contributed by atoms with Crippen molar-refractivity contribution in [3.8, 4) is 5.88 Å². The summed E-state index contributed by atoms with van der Waals surface area (Å²) in [6, 6.07) is 11.0. The molecule has 1 aliphatic rings. The van der Waals surface area contributed by atoms with Gasteiger partial charge in [0, 0.05) is 29.4 Å². The SMILES string of the molecule is CCOc1ccc(CNC)cn1.Fc1ccc(Cl)cc1.O=Cc1nc(NC(=O)c2cc(F)cc(C(F)(F)F)c2)c2n1CC(=O)NC2. The van der Waals surface area contributed by atoms with E-state index in [0.29, 0.717) is 41.6 Å². The topological polar surface area (TPSA) is 127 Å². The van der Waals surface area contributed by atoms with E-state index in [1.807, 2.05) is 32.3 Å². The second-order valence-electron chi connectivity index (χ2n) is 9.33. The first-order chi connectivity index (χ1) is 21.8. The highest BCUT2D eigenvalue weighted by Crippen LogP contribution is 2.31. The predicted octanol–water partition coefficient (Wildman–Crippen LogP) is 5.41. The summed E-state index contributed by atoms with van der Waals surface area (Å²) < 4.78 is 70.2. The molecule has 1 aliphatic heterocycles. The highest BCUT2D eigenvalue weighted by atomic mass is 35.5. The first kappa shape index (κ1) is 35.6. The number of amides is 2. The van der Waals surface area contributed by atoms with Crippen LogP contribution in [-0.2, 0) is 30.6 Å². The number of nitrogens with one attached hydrogen (secondary N) is 3. The van der Waals surface area contributed by atoms with Gasteiger partial charge in [0.15, 0.2) is 17.9 Å². The molecule has 0 saturated heterocycles. The molecule has 0 aliphatic carbocycles. The average Bonchev–Trinajstić information content (AvgIpc) is 3.36. The van der Waals surface area contributed by atoms with Crippen LogP contribution in [0.4, 0.5) is 27.8 Å². The molecule has 0 fully saturated rings. The fraction of sp³-hybridized carbons (Fsp3) is 0.233. The van der Waals surface area contributed by atoms with Crippen molar-refractivity contribution in [2.45, 2.75) is 32.7 Å². The van der Waals surface area contributed by atoms with E-state index in [9.17, 15) is 36.3 Å². The Morgan fingerprint density at radius 3 is 2.39 bits per heavy atom. The zero-order chi connectivity index (χ0) is 33.9. The number of halogens is 6. The van der Waals surface area contributed by atoms with Crippen LogP contribution in [0.15, 0.2) is 60.8 Å². The molecule has 4 aromatic rings. The van der Waals surface area contributed by atoms with Gasteiger partial charge in [-0.3, -0.25) is 14.4 Å². The lowest BCUT2D eigenvalue weighted by molar-refractivity contribution is -0.137. The number of fused-ring (bicyclic) bond motifs is 1. The number of benzene rings is 2. The maximum Gasteiger partial charge on any atom is 0.416 e. The minimum absolute atomic E-state index is 0.0355. The van der Waals surface area contributed by atoms with E-state index in [4.69, 9.17) is 16.3 Å². The van der Waals surface area contributed by atoms with Crippen molar-refractivity contribution in [3.05, 3.63) is 106 Å². The Balaban J connectivity index is 0.000000236. The standard InChI is InChI=1S/C15H10F4N4O3.C9H14N2O.C6H4ClF/c16-9-2-7(1-8(3-9)15(17,18)19)14(26)22-13-10-4-20-12(25)5-23(10)11(6-24)21-13;1-3-12-9-5-4-8(6-10-2)7-11-9;7-5-1-3-6(8)4-2-5/h1-3,6H,4-5H2,(H,20,25)(H,22,26);4-5,7,10H,3,6H2,1-2H3;1-4H. The molecule has 16 heteroatoms. The van der Waals surface area contributed by atoms with Gasteiger partial charge in [-0.1, -0.05) is 17.7 Å². The monoisotopic (exact) mass is 666 g/mol. The van der Waals surface area contributed by atoms with Gasteiger partial charge >= 0.3 is 6.18 Å². The van der Waals surface area contributed by atoms with Gasteiger partial charge in [0.05, 0.1) is 24.4 Å². The average molecular weight is 667 g/mol. The van der Waals surface area contributed by atoms with Gasteiger partial charge in [-0.05, 0) is 62.0 Å². The van der Waals surface area contributed by atoms with E-state index >= 15 is 0 Å². The summed E-state index contributed by atoms with van der Waals surface area (Å²) in [4.78, 5) is 42.7. The van der Waals surface area contributed by atoms with Crippen LogP contribution >= 0.6 is 11.6 Å². The molecule has 0 saturated carbocycles. The van der Waals surface area contributed by atoms with Crippen LogP contribution < -0.4 is 20.7 Å². The lowest BCUT2D eigenvalue weighted by Crippen LogP contribution is -2.35. The maximum atomic E-state index is 13.4. The quantitative estimate of drug-likeness (QED) is 0.178. The number of rotatable bonds is 7. The molecule has 0 bridgehead atoms. The first-order valence-electron chi connectivity index (χ1n) is 13.5. The van der Waals surface area contributed by atoms with E-state index in [-0.39, 0.29) is 42.5 Å².